The van der Waals surface area contributed by atoms with E-state index in [1.54, 1.807) is 0 Å². The highest BCUT2D eigenvalue weighted by Gasteiger charge is 2.41. The SMILES string of the molecule is Cc1cc(CNCC2(O)CCCN(CCC3CCCCC3)C2=O)cc(C)n1. The second kappa shape index (κ2) is 9.16. The van der Waals surface area contributed by atoms with Crippen LogP contribution >= 0.6 is 0 Å². The number of aliphatic hydroxyl groups is 1. The van der Waals surface area contributed by atoms with Crippen LogP contribution in [-0.4, -0.2) is 46.1 Å². The number of amides is 1. The molecule has 1 aromatic rings. The van der Waals surface area contributed by atoms with Crippen molar-refractivity contribution in [3.05, 3.63) is 29.1 Å². The molecule has 1 saturated heterocycles. The first-order chi connectivity index (χ1) is 13.0. The Hall–Kier alpha value is -1.46. The zero-order valence-electron chi connectivity index (χ0n) is 17.0. The molecule has 2 aliphatic rings. The molecule has 1 amide bonds. The smallest absolute Gasteiger partial charge is 0.255 e. The van der Waals surface area contributed by atoms with Crippen molar-refractivity contribution >= 4 is 5.91 Å². The van der Waals surface area contributed by atoms with Gasteiger partial charge in [0.2, 0.25) is 0 Å². The molecular formula is C22H35N3O2. The number of nitrogens with zero attached hydrogens (tertiary/aromatic N) is 2. The average molecular weight is 374 g/mol. The summed E-state index contributed by atoms with van der Waals surface area (Å²) in [6, 6.07) is 4.09. The second-order valence-electron chi connectivity index (χ2n) is 8.58. The Labute approximate surface area is 163 Å². The van der Waals surface area contributed by atoms with Gasteiger partial charge in [0.25, 0.3) is 5.91 Å². The number of pyridine rings is 1. The number of piperidine rings is 1. The Morgan fingerprint density at radius 1 is 1.19 bits per heavy atom. The molecule has 0 spiro atoms. The normalized spacial score (nSPS) is 24.4. The summed E-state index contributed by atoms with van der Waals surface area (Å²) in [5, 5.41) is 14.3. The van der Waals surface area contributed by atoms with Crippen LogP contribution < -0.4 is 5.32 Å². The third kappa shape index (κ3) is 5.52. The Morgan fingerprint density at radius 3 is 2.59 bits per heavy atom. The molecule has 2 heterocycles. The van der Waals surface area contributed by atoms with Crippen molar-refractivity contribution in [1.82, 2.24) is 15.2 Å². The van der Waals surface area contributed by atoms with Gasteiger partial charge in [0.05, 0.1) is 0 Å². The lowest BCUT2D eigenvalue weighted by Gasteiger charge is -2.39. The van der Waals surface area contributed by atoms with Gasteiger partial charge in [0.15, 0.2) is 5.60 Å². The Kier molecular flexibility index (Phi) is 6.88. The van der Waals surface area contributed by atoms with E-state index in [0.29, 0.717) is 19.5 Å². The van der Waals surface area contributed by atoms with Crippen LogP contribution in [0.2, 0.25) is 0 Å². The number of carbonyl (C=O) groups excluding carboxylic acids is 1. The van der Waals surface area contributed by atoms with Crippen molar-refractivity contribution in [1.29, 1.82) is 0 Å². The van der Waals surface area contributed by atoms with Crippen molar-refractivity contribution in [2.75, 3.05) is 19.6 Å². The predicted octanol–water partition coefficient (Wildman–Crippen LogP) is 3.11. The van der Waals surface area contributed by atoms with Gasteiger partial charge in [-0.1, -0.05) is 32.1 Å². The first-order valence-electron chi connectivity index (χ1n) is 10.6. The summed E-state index contributed by atoms with van der Waals surface area (Å²) in [5.74, 6) is 0.678. The van der Waals surface area contributed by atoms with E-state index >= 15 is 0 Å². The van der Waals surface area contributed by atoms with Crippen molar-refractivity contribution in [3.63, 3.8) is 0 Å². The number of hydrogen-bond donors (Lipinski definition) is 2. The molecule has 1 saturated carbocycles. The number of hydrogen-bond acceptors (Lipinski definition) is 4. The molecule has 1 aliphatic carbocycles. The largest absolute Gasteiger partial charge is 0.379 e. The highest BCUT2D eigenvalue weighted by molar-refractivity contribution is 5.86. The Balaban J connectivity index is 1.50. The molecule has 1 aliphatic heterocycles. The molecule has 1 atom stereocenters. The van der Waals surface area contributed by atoms with E-state index < -0.39 is 5.60 Å². The number of aryl methyl sites for hydroxylation is 2. The standard InChI is InChI=1S/C22H35N3O2/c1-17-13-20(14-18(2)24-17)15-23-16-22(27)10-6-11-25(21(22)26)12-9-19-7-4-3-5-8-19/h13-14,19,23,27H,3-12,15-16H2,1-2H3. The summed E-state index contributed by atoms with van der Waals surface area (Å²) >= 11 is 0. The molecule has 1 aromatic heterocycles. The molecule has 150 valence electrons. The maximum atomic E-state index is 12.9. The first kappa shape index (κ1) is 20.3. The van der Waals surface area contributed by atoms with Gasteiger partial charge in [-0.05, 0) is 56.7 Å². The van der Waals surface area contributed by atoms with Crippen molar-refractivity contribution < 1.29 is 9.90 Å². The summed E-state index contributed by atoms with van der Waals surface area (Å²) in [5.41, 5.74) is 1.87. The van der Waals surface area contributed by atoms with Gasteiger partial charge >= 0.3 is 0 Å². The van der Waals surface area contributed by atoms with E-state index in [1.807, 2.05) is 30.9 Å². The van der Waals surface area contributed by atoms with Crippen molar-refractivity contribution in [3.8, 4) is 0 Å². The third-order valence-corrected chi connectivity index (χ3v) is 6.12. The maximum Gasteiger partial charge on any atom is 0.255 e. The van der Waals surface area contributed by atoms with E-state index in [0.717, 1.165) is 48.8 Å². The monoisotopic (exact) mass is 373 g/mol. The highest BCUT2D eigenvalue weighted by atomic mass is 16.3. The van der Waals surface area contributed by atoms with Gasteiger partial charge in [0, 0.05) is 37.6 Å². The summed E-state index contributed by atoms with van der Waals surface area (Å²) < 4.78 is 0. The van der Waals surface area contributed by atoms with Crippen LogP contribution in [0.1, 0.15) is 68.3 Å². The zero-order valence-corrected chi connectivity index (χ0v) is 17.0. The number of nitrogens with one attached hydrogen (secondary N) is 1. The van der Waals surface area contributed by atoms with Gasteiger partial charge in [-0.25, -0.2) is 0 Å². The van der Waals surface area contributed by atoms with E-state index in [-0.39, 0.29) is 5.91 Å². The van der Waals surface area contributed by atoms with Gasteiger partial charge in [0.1, 0.15) is 0 Å². The number of aromatic nitrogens is 1. The minimum atomic E-state index is -1.26. The summed E-state index contributed by atoms with van der Waals surface area (Å²) in [4.78, 5) is 19.2. The van der Waals surface area contributed by atoms with Gasteiger partial charge in [-0.15, -0.1) is 0 Å². The molecule has 1 unspecified atom stereocenters. The van der Waals surface area contributed by atoms with Gasteiger partial charge < -0.3 is 15.3 Å². The molecule has 0 radical (unpaired) electrons. The lowest BCUT2D eigenvalue weighted by atomic mass is 9.86. The van der Waals surface area contributed by atoms with Crippen LogP contribution in [0.15, 0.2) is 12.1 Å². The number of likely N-dealkylation sites (tertiary alicyclic amines) is 1. The fraction of sp³-hybridized carbons (Fsp3) is 0.727. The average Bonchev–Trinajstić information content (AvgIpc) is 2.63. The molecule has 2 fully saturated rings. The molecule has 0 bridgehead atoms. The molecule has 0 aromatic carbocycles. The van der Waals surface area contributed by atoms with E-state index in [1.165, 1.54) is 32.1 Å². The summed E-state index contributed by atoms with van der Waals surface area (Å²) in [6.07, 6.45) is 9.15. The molecule has 27 heavy (non-hydrogen) atoms. The molecule has 5 nitrogen and oxygen atoms in total. The zero-order chi connectivity index (χ0) is 19.3. The van der Waals surface area contributed by atoms with E-state index in [9.17, 15) is 9.90 Å². The van der Waals surface area contributed by atoms with Crippen LogP contribution in [0.5, 0.6) is 0 Å². The Bertz CT molecular complexity index is 622. The fourth-order valence-electron chi connectivity index (χ4n) is 4.69. The molecular weight excluding hydrogens is 338 g/mol. The van der Waals surface area contributed by atoms with Crippen molar-refractivity contribution in [2.45, 2.75) is 77.4 Å². The lowest BCUT2D eigenvalue weighted by Crippen LogP contribution is -2.58. The number of rotatable bonds is 7. The topological polar surface area (TPSA) is 65.5 Å². The van der Waals surface area contributed by atoms with Gasteiger partial charge in [-0.3, -0.25) is 9.78 Å². The minimum Gasteiger partial charge on any atom is -0.379 e. The van der Waals surface area contributed by atoms with Crippen LogP contribution in [0.3, 0.4) is 0 Å². The van der Waals surface area contributed by atoms with E-state index in [2.05, 4.69) is 10.3 Å². The number of carbonyl (C=O) groups is 1. The van der Waals surface area contributed by atoms with Crippen molar-refractivity contribution in [2.24, 2.45) is 5.92 Å². The molecule has 5 heteroatoms. The van der Waals surface area contributed by atoms with Crippen LogP contribution in [0.4, 0.5) is 0 Å². The quantitative estimate of drug-likeness (QED) is 0.771. The maximum absolute atomic E-state index is 12.9. The third-order valence-electron chi connectivity index (χ3n) is 6.12. The summed E-state index contributed by atoms with van der Waals surface area (Å²) in [7, 11) is 0. The van der Waals surface area contributed by atoms with Gasteiger partial charge in [-0.2, -0.15) is 0 Å². The van der Waals surface area contributed by atoms with E-state index in [4.69, 9.17) is 0 Å². The lowest BCUT2D eigenvalue weighted by molar-refractivity contribution is -0.156. The molecule has 3 rings (SSSR count). The van der Waals surface area contributed by atoms with Crippen LogP contribution in [-0.2, 0) is 11.3 Å². The second-order valence-corrected chi connectivity index (χ2v) is 8.58. The van der Waals surface area contributed by atoms with Crippen LogP contribution in [0.25, 0.3) is 0 Å². The summed E-state index contributed by atoms with van der Waals surface area (Å²) in [6.45, 7) is 6.51. The minimum absolute atomic E-state index is 0.0841. The fourth-order valence-corrected chi connectivity index (χ4v) is 4.69. The predicted molar refractivity (Wildman–Crippen MR) is 107 cm³/mol. The first-order valence-corrected chi connectivity index (χ1v) is 10.6. The molecule has 2 N–H and O–H groups in total. The van der Waals surface area contributed by atoms with Crippen LogP contribution in [0, 0.1) is 19.8 Å². The highest BCUT2D eigenvalue weighted by Crippen LogP contribution is 2.28. The Morgan fingerprint density at radius 2 is 1.89 bits per heavy atom.